The van der Waals surface area contributed by atoms with Gasteiger partial charge in [-0.3, -0.25) is 16.0 Å². The van der Waals surface area contributed by atoms with Gasteiger partial charge in [0.15, 0.2) is 0 Å². The molecule has 1 unspecified atom stereocenters. The highest BCUT2D eigenvalue weighted by Crippen LogP contribution is 2.27. The molecule has 0 aliphatic carbocycles. The third kappa shape index (κ3) is 4.00. The minimum atomic E-state index is -0.415. The predicted molar refractivity (Wildman–Crippen MR) is 79.5 cm³/mol. The van der Waals surface area contributed by atoms with Crippen LogP contribution >= 0.6 is 11.8 Å². The molecule has 0 saturated carbocycles. The molecule has 0 bridgehead atoms. The van der Waals surface area contributed by atoms with Crippen LogP contribution in [0.4, 0.5) is 17.1 Å². The van der Waals surface area contributed by atoms with E-state index in [4.69, 9.17) is 5.84 Å². The first-order chi connectivity index (χ1) is 9.19. The number of benzene rings is 1. The number of rotatable bonds is 5. The van der Waals surface area contributed by atoms with Gasteiger partial charge in [0.2, 0.25) is 0 Å². The van der Waals surface area contributed by atoms with E-state index < -0.39 is 4.92 Å². The second kappa shape index (κ2) is 6.63. The third-order valence-electron chi connectivity index (χ3n) is 3.10. The van der Waals surface area contributed by atoms with Gasteiger partial charge in [-0.1, -0.05) is 6.42 Å². The fraction of sp³-hybridized carbons (Fsp3) is 0.500. The topological polar surface area (TPSA) is 93.2 Å². The number of hydrogen-bond donors (Lipinski definition) is 3. The molecule has 1 aliphatic heterocycles. The number of nitrogens with zero attached hydrogens (tertiary/aromatic N) is 1. The van der Waals surface area contributed by atoms with Crippen molar-refractivity contribution in [2.45, 2.75) is 24.5 Å². The molecule has 0 aromatic heterocycles. The van der Waals surface area contributed by atoms with Gasteiger partial charge in [0.05, 0.1) is 10.6 Å². The van der Waals surface area contributed by atoms with E-state index in [9.17, 15) is 10.1 Å². The molecular formula is C12H18N4O2S. The number of nitrogens with two attached hydrogens (primary N) is 1. The van der Waals surface area contributed by atoms with Gasteiger partial charge >= 0.3 is 0 Å². The van der Waals surface area contributed by atoms with E-state index in [1.54, 1.807) is 6.07 Å². The Kier molecular flexibility index (Phi) is 4.86. The van der Waals surface area contributed by atoms with Gasteiger partial charge < -0.3 is 10.7 Å². The Morgan fingerprint density at radius 2 is 2.16 bits per heavy atom. The van der Waals surface area contributed by atoms with Crippen LogP contribution in [0.3, 0.4) is 0 Å². The van der Waals surface area contributed by atoms with Crippen LogP contribution in [0.25, 0.3) is 0 Å². The maximum absolute atomic E-state index is 10.8. The van der Waals surface area contributed by atoms with Gasteiger partial charge in [-0.15, -0.1) is 0 Å². The first-order valence-electron chi connectivity index (χ1n) is 6.30. The number of nitrogens with one attached hydrogen (secondary N) is 2. The van der Waals surface area contributed by atoms with E-state index >= 15 is 0 Å². The van der Waals surface area contributed by atoms with Crippen molar-refractivity contribution in [1.29, 1.82) is 0 Å². The van der Waals surface area contributed by atoms with Crippen LogP contribution in [0.1, 0.15) is 19.3 Å². The smallest absolute Gasteiger partial charge is 0.273 e. The summed E-state index contributed by atoms with van der Waals surface area (Å²) in [5.41, 5.74) is 3.75. The molecule has 1 atom stereocenters. The summed E-state index contributed by atoms with van der Waals surface area (Å²) in [6.45, 7) is 0.829. The molecule has 1 saturated heterocycles. The van der Waals surface area contributed by atoms with E-state index in [2.05, 4.69) is 10.7 Å². The highest BCUT2D eigenvalue weighted by molar-refractivity contribution is 7.99. The number of nitro groups is 1. The van der Waals surface area contributed by atoms with Crippen molar-refractivity contribution >= 4 is 28.8 Å². The Morgan fingerprint density at radius 1 is 1.37 bits per heavy atom. The van der Waals surface area contributed by atoms with Crippen LogP contribution in [-0.4, -0.2) is 22.5 Å². The van der Waals surface area contributed by atoms with E-state index in [1.807, 2.05) is 11.8 Å². The van der Waals surface area contributed by atoms with E-state index in [0.29, 0.717) is 10.9 Å². The van der Waals surface area contributed by atoms with E-state index in [0.717, 1.165) is 12.2 Å². The van der Waals surface area contributed by atoms with Crippen LogP contribution < -0.4 is 16.6 Å². The average molecular weight is 282 g/mol. The van der Waals surface area contributed by atoms with Crippen molar-refractivity contribution in [3.05, 3.63) is 28.3 Å². The van der Waals surface area contributed by atoms with Crippen molar-refractivity contribution in [1.82, 2.24) is 0 Å². The highest BCUT2D eigenvalue weighted by atomic mass is 32.2. The molecule has 1 aliphatic rings. The maximum Gasteiger partial charge on any atom is 0.273 e. The number of hydrogen-bond acceptors (Lipinski definition) is 6. The summed E-state index contributed by atoms with van der Waals surface area (Å²) in [6, 6.07) is 4.73. The van der Waals surface area contributed by atoms with Crippen molar-refractivity contribution in [2.75, 3.05) is 23.0 Å². The van der Waals surface area contributed by atoms with Gasteiger partial charge in [0, 0.05) is 29.6 Å². The quantitative estimate of drug-likeness (QED) is 0.436. The highest BCUT2D eigenvalue weighted by Gasteiger charge is 2.14. The molecule has 1 aromatic rings. The number of thioether (sulfide) groups is 1. The molecule has 1 fully saturated rings. The zero-order valence-electron chi connectivity index (χ0n) is 10.6. The lowest BCUT2D eigenvalue weighted by molar-refractivity contribution is -0.384. The standard InChI is InChI=1S/C12H18N4O2S/c13-15-10-5-9(6-11(7-10)16(17)18)14-8-12-3-1-2-4-19-12/h5-7,12,14-15H,1-4,8,13H2. The fourth-order valence-corrected chi connectivity index (χ4v) is 3.34. The zero-order valence-corrected chi connectivity index (χ0v) is 11.4. The minimum Gasteiger partial charge on any atom is -0.384 e. The largest absolute Gasteiger partial charge is 0.384 e. The number of nitrogen functional groups attached to an aromatic ring is 1. The second-order valence-electron chi connectivity index (χ2n) is 4.54. The summed E-state index contributed by atoms with van der Waals surface area (Å²) in [7, 11) is 0. The molecule has 104 valence electrons. The Bertz CT molecular complexity index is 449. The number of nitro benzene ring substituents is 1. The Hall–Kier alpha value is -1.47. The molecule has 4 N–H and O–H groups in total. The van der Waals surface area contributed by atoms with Gasteiger partial charge in [-0.25, -0.2) is 0 Å². The molecule has 6 nitrogen and oxygen atoms in total. The van der Waals surface area contributed by atoms with Crippen LogP contribution in [0.2, 0.25) is 0 Å². The lowest BCUT2D eigenvalue weighted by Gasteiger charge is -2.22. The monoisotopic (exact) mass is 282 g/mol. The van der Waals surface area contributed by atoms with Gasteiger partial charge in [0.25, 0.3) is 5.69 Å². The zero-order chi connectivity index (χ0) is 13.7. The van der Waals surface area contributed by atoms with Crippen molar-refractivity contribution in [2.24, 2.45) is 5.84 Å². The number of non-ortho nitro benzene ring substituents is 1. The van der Waals surface area contributed by atoms with Crippen LogP contribution in [0.15, 0.2) is 18.2 Å². The molecular weight excluding hydrogens is 264 g/mol. The normalized spacial score (nSPS) is 18.9. The van der Waals surface area contributed by atoms with Crippen LogP contribution in [0, 0.1) is 10.1 Å². The molecule has 1 heterocycles. The minimum absolute atomic E-state index is 0.0363. The summed E-state index contributed by atoms with van der Waals surface area (Å²) in [5, 5.41) is 14.7. The lowest BCUT2D eigenvalue weighted by Crippen LogP contribution is -2.20. The first-order valence-corrected chi connectivity index (χ1v) is 7.35. The average Bonchev–Trinajstić information content (AvgIpc) is 2.45. The SMILES string of the molecule is NNc1cc(NCC2CCCCS2)cc([N+](=O)[O-])c1. The summed E-state index contributed by atoms with van der Waals surface area (Å²) >= 11 is 1.97. The van der Waals surface area contributed by atoms with Crippen molar-refractivity contribution in [3.63, 3.8) is 0 Å². The third-order valence-corrected chi connectivity index (χ3v) is 4.50. The molecule has 7 heteroatoms. The first kappa shape index (κ1) is 14.0. The fourth-order valence-electron chi connectivity index (χ4n) is 2.10. The van der Waals surface area contributed by atoms with E-state index in [-0.39, 0.29) is 5.69 Å². The lowest BCUT2D eigenvalue weighted by atomic mass is 10.2. The molecule has 0 spiro atoms. The Morgan fingerprint density at radius 3 is 2.79 bits per heavy atom. The summed E-state index contributed by atoms with van der Waals surface area (Å²) < 4.78 is 0. The van der Waals surface area contributed by atoms with Crippen LogP contribution in [-0.2, 0) is 0 Å². The number of anilines is 2. The van der Waals surface area contributed by atoms with Gasteiger partial charge in [-0.05, 0) is 24.7 Å². The second-order valence-corrected chi connectivity index (χ2v) is 5.95. The molecule has 0 amide bonds. The molecule has 2 rings (SSSR count). The number of hydrazine groups is 1. The van der Waals surface area contributed by atoms with Gasteiger partial charge in [-0.2, -0.15) is 11.8 Å². The van der Waals surface area contributed by atoms with Crippen molar-refractivity contribution in [3.8, 4) is 0 Å². The maximum atomic E-state index is 10.8. The summed E-state index contributed by atoms with van der Waals surface area (Å²) in [6.07, 6.45) is 3.76. The molecule has 19 heavy (non-hydrogen) atoms. The van der Waals surface area contributed by atoms with Crippen molar-refractivity contribution < 1.29 is 4.92 Å². The predicted octanol–water partition coefficient (Wildman–Crippen LogP) is 2.58. The van der Waals surface area contributed by atoms with Crippen LogP contribution in [0.5, 0.6) is 0 Å². The summed E-state index contributed by atoms with van der Waals surface area (Å²) in [4.78, 5) is 10.4. The Balaban J connectivity index is 2.02. The molecule has 0 radical (unpaired) electrons. The Labute approximate surface area is 116 Å². The van der Waals surface area contributed by atoms with E-state index in [1.165, 1.54) is 37.1 Å². The summed E-state index contributed by atoms with van der Waals surface area (Å²) in [5.74, 6) is 6.53. The molecule has 1 aromatic carbocycles. The van der Waals surface area contributed by atoms with Gasteiger partial charge in [0.1, 0.15) is 0 Å².